The fourth-order valence-corrected chi connectivity index (χ4v) is 2.26. The van der Waals surface area contributed by atoms with Gasteiger partial charge in [-0.1, -0.05) is 9.39 Å². The summed E-state index contributed by atoms with van der Waals surface area (Å²) in [6, 6.07) is 0. The summed E-state index contributed by atoms with van der Waals surface area (Å²) in [5.41, 5.74) is 1.83. The highest BCUT2D eigenvalue weighted by Crippen LogP contribution is 2.23. The molecular weight excluding hydrogens is 209 g/mol. The van der Waals surface area contributed by atoms with Crippen LogP contribution in [0.1, 0.15) is 11.3 Å². The molecule has 0 aromatic carbocycles. The number of hydrogen-bond donors (Lipinski definition) is 0. The molecule has 1 aromatic heterocycles. The first-order valence-corrected chi connectivity index (χ1v) is 6.11. The fraction of sp³-hybridized carbons (Fsp3) is 0.500. The molecule has 1 aromatic rings. The van der Waals surface area contributed by atoms with E-state index >= 15 is 0 Å². The fourth-order valence-electron chi connectivity index (χ4n) is 1.32. The summed E-state index contributed by atoms with van der Waals surface area (Å²) in [6.07, 6.45) is 2.72. The summed E-state index contributed by atoms with van der Waals surface area (Å²) in [4.78, 5) is 0. The van der Waals surface area contributed by atoms with Gasteiger partial charge in [-0.2, -0.15) is 9.19 Å². The van der Waals surface area contributed by atoms with Gasteiger partial charge in [0.15, 0.2) is 0 Å². The minimum absolute atomic E-state index is 0.697. The lowest BCUT2D eigenvalue weighted by atomic mass is 10.3. The maximum atomic E-state index is 11.1. The summed E-state index contributed by atoms with van der Waals surface area (Å²) in [5, 5.41) is 3.99. The van der Waals surface area contributed by atoms with E-state index in [0.29, 0.717) is 6.54 Å². The third-order valence-electron chi connectivity index (χ3n) is 1.92. The third-order valence-corrected chi connectivity index (χ3v) is 3.15. The van der Waals surface area contributed by atoms with E-state index in [9.17, 15) is 8.42 Å². The van der Waals surface area contributed by atoms with Crippen LogP contribution < -0.4 is 0 Å². The zero-order valence-electron chi connectivity index (χ0n) is 7.14. The predicted octanol–water partition coefficient (Wildman–Crippen LogP) is -0.204. The van der Waals surface area contributed by atoms with Crippen molar-refractivity contribution < 1.29 is 8.42 Å². The largest absolute Gasteiger partial charge is 0.277 e. The molecule has 0 saturated carbocycles. The molecule has 1 unspecified atom stereocenters. The van der Waals surface area contributed by atoms with Crippen LogP contribution in [0, 0.1) is 0 Å². The minimum atomic E-state index is -3.22. The Morgan fingerprint density at radius 3 is 2.77 bits per heavy atom. The van der Waals surface area contributed by atoms with Gasteiger partial charge in [0.25, 0.3) is 10.0 Å². The molecule has 2 rings (SSSR count). The zero-order valence-corrected chi connectivity index (χ0v) is 9.11. The summed E-state index contributed by atoms with van der Waals surface area (Å²) in [5.74, 6) is 0. The van der Waals surface area contributed by atoms with E-state index < -0.39 is 10.0 Å². The zero-order chi connectivity index (χ0) is 9.64. The predicted molar refractivity (Wildman–Crippen MR) is 51.4 cm³/mol. The molecule has 7 heteroatoms. The van der Waals surface area contributed by atoms with Gasteiger partial charge in [0.05, 0.1) is 11.9 Å². The minimum Gasteiger partial charge on any atom is -0.277 e. The highest BCUT2D eigenvalue weighted by Gasteiger charge is 2.21. The summed E-state index contributed by atoms with van der Waals surface area (Å²) in [6.45, 7) is 1.44. The van der Waals surface area contributed by atoms with Crippen LogP contribution in [0.4, 0.5) is 0 Å². The Balaban J connectivity index is 2.43. The van der Waals surface area contributed by atoms with E-state index in [2.05, 4.69) is 14.5 Å². The Morgan fingerprint density at radius 1 is 1.54 bits per heavy atom. The monoisotopic (exact) mass is 219 g/mol. The average Bonchev–Trinajstić information content (AvgIpc) is 2.40. The van der Waals surface area contributed by atoms with Crippen LogP contribution in [0.5, 0.6) is 0 Å². The third kappa shape index (κ3) is 1.61. The van der Waals surface area contributed by atoms with Crippen LogP contribution in [-0.4, -0.2) is 28.5 Å². The molecule has 0 spiro atoms. The normalized spacial score (nSPS) is 17.7. The number of nitrogens with zero attached hydrogens (tertiary/aromatic N) is 3. The Kier molecular flexibility index (Phi) is 1.94. The number of hydrogen-bond acceptors (Lipinski definition) is 4. The molecule has 0 radical (unpaired) electrons. The van der Waals surface area contributed by atoms with Crippen molar-refractivity contribution in [2.75, 3.05) is 6.26 Å². The second-order valence-corrected chi connectivity index (χ2v) is 5.71. The van der Waals surface area contributed by atoms with E-state index in [1.165, 1.54) is 0 Å². The van der Waals surface area contributed by atoms with Gasteiger partial charge in [0, 0.05) is 24.8 Å². The Morgan fingerprint density at radius 2 is 2.23 bits per heavy atom. The van der Waals surface area contributed by atoms with Gasteiger partial charge in [-0.25, -0.2) is 8.42 Å². The van der Waals surface area contributed by atoms with Crippen molar-refractivity contribution >= 4 is 19.4 Å². The van der Waals surface area contributed by atoms with E-state index in [0.717, 1.165) is 28.1 Å². The van der Waals surface area contributed by atoms with Crippen molar-refractivity contribution in [1.82, 2.24) is 13.9 Å². The Hall–Kier alpha value is -0.450. The number of rotatable bonds is 1. The first-order chi connectivity index (χ1) is 5.97. The van der Waals surface area contributed by atoms with Gasteiger partial charge in [-0.05, 0) is 0 Å². The van der Waals surface area contributed by atoms with E-state index in [-0.39, 0.29) is 0 Å². The summed E-state index contributed by atoms with van der Waals surface area (Å²) < 4.78 is 25.2. The summed E-state index contributed by atoms with van der Waals surface area (Å²) >= 11 is 0. The highest BCUT2D eigenvalue weighted by molar-refractivity contribution is 7.89. The molecule has 0 bridgehead atoms. The molecule has 1 aliphatic heterocycles. The summed E-state index contributed by atoms with van der Waals surface area (Å²) in [7, 11) is -0.649. The van der Waals surface area contributed by atoms with E-state index in [4.69, 9.17) is 0 Å². The van der Waals surface area contributed by atoms with Crippen LogP contribution >= 0.6 is 9.39 Å². The Labute approximate surface area is 79.0 Å². The smallest absolute Gasteiger partial charge is 0.250 e. The lowest BCUT2D eigenvalue weighted by Gasteiger charge is -2.04. The molecule has 5 nitrogen and oxygen atoms in total. The lowest BCUT2D eigenvalue weighted by Crippen LogP contribution is -2.12. The topological polar surface area (TPSA) is 55.2 Å². The van der Waals surface area contributed by atoms with Crippen LogP contribution in [0.3, 0.4) is 0 Å². The van der Waals surface area contributed by atoms with Crippen LogP contribution in [0.2, 0.25) is 0 Å². The first-order valence-electron chi connectivity index (χ1n) is 3.74. The lowest BCUT2D eigenvalue weighted by molar-refractivity contribution is 0.496. The van der Waals surface area contributed by atoms with E-state index in [1.807, 2.05) is 4.67 Å². The maximum Gasteiger partial charge on any atom is 0.250 e. The van der Waals surface area contributed by atoms with Gasteiger partial charge in [0.2, 0.25) is 0 Å². The van der Waals surface area contributed by atoms with Gasteiger partial charge in [-0.3, -0.25) is 4.67 Å². The molecule has 1 aliphatic rings. The molecule has 1 atom stereocenters. The van der Waals surface area contributed by atoms with Gasteiger partial charge in [0.1, 0.15) is 0 Å². The molecule has 0 amide bonds. The van der Waals surface area contributed by atoms with Gasteiger partial charge >= 0.3 is 0 Å². The maximum absolute atomic E-state index is 11.1. The first kappa shape index (κ1) is 9.12. The van der Waals surface area contributed by atoms with Crippen molar-refractivity contribution in [3.63, 3.8) is 0 Å². The molecule has 0 N–H and O–H groups in total. The molecule has 72 valence electrons. The SMILES string of the molecule is CS(=O)(=O)n1cc2c(n1)CN(P)C2. The van der Waals surface area contributed by atoms with Crippen molar-refractivity contribution in [1.29, 1.82) is 0 Å². The second kappa shape index (κ2) is 2.77. The van der Waals surface area contributed by atoms with Crippen LogP contribution in [0.15, 0.2) is 6.20 Å². The number of fused-ring (bicyclic) bond motifs is 1. The molecular formula is C6H10N3O2PS. The van der Waals surface area contributed by atoms with Crippen LogP contribution in [-0.2, 0) is 23.1 Å². The molecule has 13 heavy (non-hydrogen) atoms. The average molecular weight is 219 g/mol. The van der Waals surface area contributed by atoms with Crippen molar-refractivity contribution in [3.8, 4) is 0 Å². The van der Waals surface area contributed by atoms with Crippen molar-refractivity contribution in [2.24, 2.45) is 0 Å². The molecule has 0 fully saturated rings. The molecule has 0 saturated heterocycles. The van der Waals surface area contributed by atoms with E-state index in [1.54, 1.807) is 6.20 Å². The second-order valence-electron chi connectivity index (χ2n) is 3.14. The van der Waals surface area contributed by atoms with Crippen molar-refractivity contribution in [3.05, 3.63) is 17.5 Å². The number of aromatic nitrogens is 2. The van der Waals surface area contributed by atoms with Crippen molar-refractivity contribution in [2.45, 2.75) is 13.1 Å². The van der Waals surface area contributed by atoms with Crippen LogP contribution in [0.25, 0.3) is 0 Å². The van der Waals surface area contributed by atoms with Gasteiger partial charge < -0.3 is 0 Å². The van der Waals surface area contributed by atoms with Gasteiger partial charge in [-0.15, -0.1) is 0 Å². The standard InChI is InChI=1S/C6H10N3O2PS/c1-13(10,11)9-3-5-2-8(12)4-6(5)7-9/h3H,2,4,12H2,1H3. The highest BCUT2D eigenvalue weighted by atomic mass is 32.2. The molecule has 0 aliphatic carbocycles. The Bertz CT molecular complexity index is 415. The molecule has 2 heterocycles. The quantitative estimate of drug-likeness (QED) is 0.614.